The highest BCUT2D eigenvalue weighted by molar-refractivity contribution is 5.84. The molecule has 0 aliphatic carbocycles. The number of ether oxygens (including phenoxy) is 1. The Balaban J connectivity index is 4.29. The van der Waals surface area contributed by atoms with Gasteiger partial charge in [0.25, 0.3) is 0 Å². The average Bonchev–Trinajstić information content (AvgIpc) is 2.16. The van der Waals surface area contributed by atoms with Gasteiger partial charge in [-0.15, -0.1) is 0 Å². The van der Waals surface area contributed by atoms with Crippen LogP contribution in [0, 0.1) is 5.92 Å². The van der Waals surface area contributed by atoms with Crippen molar-refractivity contribution in [1.82, 2.24) is 5.32 Å². The van der Waals surface area contributed by atoms with Crippen molar-refractivity contribution in [2.45, 2.75) is 33.2 Å². The van der Waals surface area contributed by atoms with Gasteiger partial charge in [-0.3, -0.25) is 4.79 Å². The van der Waals surface area contributed by atoms with E-state index in [0.29, 0.717) is 6.42 Å². The zero-order valence-electron chi connectivity index (χ0n) is 9.45. The van der Waals surface area contributed by atoms with E-state index < -0.39 is 24.5 Å². The largest absolute Gasteiger partial charge is 0.464 e. The average molecular weight is 217 g/mol. The van der Waals surface area contributed by atoms with Crippen LogP contribution in [-0.2, 0) is 14.3 Å². The van der Waals surface area contributed by atoms with E-state index in [1.165, 1.54) is 0 Å². The molecule has 5 heteroatoms. The summed E-state index contributed by atoms with van der Waals surface area (Å²) in [6.07, 6.45) is 0.505. The summed E-state index contributed by atoms with van der Waals surface area (Å²) in [6, 6.07) is -0.662. The van der Waals surface area contributed by atoms with Crippen LogP contribution in [0.3, 0.4) is 0 Å². The van der Waals surface area contributed by atoms with E-state index in [4.69, 9.17) is 9.84 Å². The molecule has 0 saturated heterocycles. The third kappa shape index (κ3) is 6.06. The Morgan fingerprint density at radius 3 is 2.40 bits per heavy atom. The number of amides is 1. The van der Waals surface area contributed by atoms with Crippen molar-refractivity contribution in [1.29, 1.82) is 0 Å². The van der Waals surface area contributed by atoms with Crippen molar-refractivity contribution in [3.8, 4) is 0 Å². The maximum Gasteiger partial charge on any atom is 0.328 e. The number of hydrogen-bond acceptors (Lipinski definition) is 4. The van der Waals surface area contributed by atoms with Gasteiger partial charge >= 0.3 is 5.97 Å². The fraction of sp³-hybridized carbons (Fsp3) is 0.800. The molecular weight excluding hydrogens is 198 g/mol. The molecule has 0 rings (SSSR count). The van der Waals surface area contributed by atoms with Crippen molar-refractivity contribution in [3.63, 3.8) is 0 Å². The molecule has 5 nitrogen and oxygen atoms in total. The molecule has 0 bridgehead atoms. The number of esters is 1. The number of rotatable bonds is 6. The number of carbonyl (C=O) groups is 2. The molecule has 88 valence electrons. The SMILES string of the molecule is CCOC(=O)C(CC(C)C)NC(=O)CO. The van der Waals surface area contributed by atoms with Gasteiger partial charge in [-0.2, -0.15) is 0 Å². The van der Waals surface area contributed by atoms with E-state index >= 15 is 0 Å². The monoisotopic (exact) mass is 217 g/mol. The standard InChI is InChI=1S/C10H19NO4/c1-4-15-10(14)8(5-7(2)3)11-9(13)6-12/h7-8,12H,4-6H2,1-3H3,(H,11,13). The summed E-state index contributed by atoms with van der Waals surface area (Å²) in [5.74, 6) is -0.750. The fourth-order valence-corrected chi connectivity index (χ4v) is 1.17. The van der Waals surface area contributed by atoms with Gasteiger partial charge in [-0.25, -0.2) is 4.79 Å². The normalized spacial score (nSPS) is 12.3. The Bertz CT molecular complexity index is 215. The number of nitrogens with one attached hydrogen (secondary N) is 1. The van der Waals surface area contributed by atoms with Gasteiger partial charge in [0.1, 0.15) is 12.6 Å². The topological polar surface area (TPSA) is 75.6 Å². The third-order valence-corrected chi connectivity index (χ3v) is 1.76. The molecule has 0 saturated carbocycles. The lowest BCUT2D eigenvalue weighted by atomic mass is 10.0. The lowest BCUT2D eigenvalue weighted by Gasteiger charge is -2.18. The van der Waals surface area contributed by atoms with Crippen molar-refractivity contribution < 1.29 is 19.4 Å². The van der Waals surface area contributed by atoms with Crippen LogP contribution in [0.1, 0.15) is 27.2 Å². The second-order valence-corrected chi connectivity index (χ2v) is 3.66. The van der Waals surface area contributed by atoms with Crippen LogP contribution >= 0.6 is 0 Å². The first-order valence-electron chi connectivity index (χ1n) is 5.08. The second kappa shape index (κ2) is 7.23. The number of hydrogen-bond donors (Lipinski definition) is 2. The van der Waals surface area contributed by atoms with Gasteiger partial charge < -0.3 is 15.2 Å². The zero-order chi connectivity index (χ0) is 11.8. The predicted octanol–water partition coefficient (Wildman–Crippen LogP) is 0.0727. The van der Waals surface area contributed by atoms with Crippen LogP contribution in [0.2, 0.25) is 0 Å². The summed E-state index contributed by atoms with van der Waals surface area (Å²) in [7, 11) is 0. The molecule has 0 aromatic heterocycles. The predicted molar refractivity (Wildman–Crippen MR) is 55.1 cm³/mol. The summed E-state index contributed by atoms with van der Waals surface area (Å²) in [5, 5.41) is 11.0. The number of carbonyl (C=O) groups excluding carboxylic acids is 2. The highest BCUT2D eigenvalue weighted by atomic mass is 16.5. The maximum atomic E-state index is 11.4. The first-order valence-corrected chi connectivity index (χ1v) is 5.08. The molecule has 1 unspecified atom stereocenters. The Kier molecular flexibility index (Phi) is 6.70. The summed E-state index contributed by atoms with van der Waals surface area (Å²) in [4.78, 5) is 22.4. The Morgan fingerprint density at radius 1 is 1.40 bits per heavy atom. The summed E-state index contributed by atoms with van der Waals surface area (Å²) in [5.41, 5.74) is 0. The van der Waals surface area contributed by atoms with Crippen molar-refractivity contribution >= 4 is 11.9 Å². The molecule has 0 aliphatic heterocycles. The Morgan fingerprint density at radius 2 is 2.00 bits per heavy atom. The minimum absolute atomic E-state index is 0.262. The van der Waals surface area contributed by atoms with Crippen molar-refractivity contribution in [3.05, 3.63) is 0 Å². The minimum Gasteiger partial charge on any atom is -0.464 e. The molecule has 0 radical (unpaired) electrons. The van der Waals surface area contributed by atoms with E-state index in [2.05, 4.69) is 5.32 Å². The van der Waals surface area contributed by atoms with Gasteiger partial charge in [-0.1, -0.05) is 13.8 Å². The molecule has 15 heavy (non-hydrogen) atoms. The van der Waals surface area contributed by atoms with E-state index in [9.17, 15) is 9.59 Å². The second-order valence-electron chi connectivity index (χ2n) is 3.66. The van der Waals surface area contributed by atoms with Gasteiger partial charge in [0, 0.05) is 0 Å². The summed E-state index contributed by atoms with van der Waals surface area (Å²) in [6.45, 7) is 5.25. The highest BCUT2D eigenvalue weighted by Crippen LogP contribution is 2.06. The van der Waals surface area contributed by atoms with E-state index in [1.54, 1.807) is 6.92 Å². The molecule has 0 spiro atoms. The fourth-order valence-electron chi connectivity index (χ4n) is 1.17. The third-order valence-electron chi connectivity index (χ3n) is 1.76. The van der Waals surface area contributed by atoms with Crippen LogP contribution in [0.4, 0.5) is 0 Å². The van der Waals surface area contributed by atoms with Crippen LogP contribution < -0.4 is 5.32 Å². The lowest BCUT2D eigenvalue weighted by molar-refractivity contribution is -0.148. The number of aliphatic hydroxyl groups excluding tert-OH is 1. The van der Waals surface area contributed by atoms with Gasteiger partial charge in [0.15, 0.2) is 0 Å². The molecule has 1 atom stereocenters. The van der Waals surface area contributed by atoms with E-state index in [1.807, 2.05) is 13.8 Å². The Labute approximate surface area is 89.8 Å². The smallest absolute Gasteiger partial charge is 0.328 e. The van der Waals surface area contributed by atoms with Gasteiger partial charge in [0.05, 0.1) is 6.61 Å². The quantitative estimate of drug-likeness (QED) is 0.617. The molecular formula is C10H19NO4. The van der Waals surface area contributed by atoms with E-state index in [-0.39, 0.29) is 12.5 Å². The molecule has 1 amide bonds. The van der Waals surface area contributed by atoms with Crippen LogP contribution in [0.15, 0.2) is 0 Å². The van der Waals surface area contributed by atoms with E-state index in [0.717, 1.165) is 0 Å². The first kappa shape index (κ1) is 13.9. The first-order chi connectivity index (χ1) is 7.01. The lowest BCUT2D eigenvalue weighted by Crippen LogP contribution is -2.43. The highest BCUT2D eigenvalue weighted by Gasteiger charge is 2.22. The van der Waals surface area contributed by atoms with Crippen molar-refractivity contribution in [2.75, 3.05) is 13.2 Å². The molecule has 0 aliphatic rings. The van der Waals surface area contributed by atoms with Crippen LogP contribution in [0.5, 0.6) is 0 Å². The van der Waals surface area contributed by atoms with Crippen molar-refractivity contribution in [2.24, 2.45) is 5.92 Å². The molecule has 0 heterocycles. The summed E-state index contributed by atoms with van der Waals surface area (Å²) < 4.78 is 4.81. The van der Waals surface area contributed by atoms with Gasteiger partial charge in [0.2, 0.25) is 5.91 Å². The molecule has 0 fully saturated rings. The molecule has 0 aromatic rings. The van der Waals surface area contributed by atoms with Crippen LogP contribution in [-0.4, -0.2) is 36.2 Å². The minimum atomic E-state index is -0.662. The Hall–Kier alpha value is -1.10. The number of aliphatic hydroxyl groups is 1. The summed E-state index contributed by atoms with van der Waals surface area (Å²) >= 11 is 0. The van der Waals surface area contributed by atoms with Gasteiger partial charge in [-0.05, 0) is 19.3 Å². The maximum absolute atomic E-state index is 11.4. The molecule has 2 N–H and O–H groups in total. The molecule has 0 aromatic carbocycles. The zero-order valence-corrected chi connectivity index (χ0v) is 9.45. The van der Waals surface area contributed by atoms with Crippen LogP contribution in [0.25, 0.3) is 0 Å².